The number of methoxy groups -OCH3 is 1. The number of fused-ring (bicyclic) bond motifs is 1. The number of rotatable bonds is 14. The van der Waals surface area contributed by atoms with E-state index in [1.54, 1.807) is 6.07 Å². The molecule has 0 spiro atoms. The Morgan fingerprint density at radius 3 is 2.19 bits per heavy atom. The third kappa shape index (κ3) is 8.81. The zero-order chi connectivity index (χ0) is 22.0. The Kier molecular flexibility index (Phi) is 13.6. The van der Waals surface area contributed by atoms with Crippen LogP contribution in [-0.4, -0.2) is 32.9 Å². The predicted octanol–water partition coefficient (Wildman–Crippen LogP) is 2.94. The third-order valence-electron chi connectivity index (χ3n) is 5.71. The summed E-state index contributed by atoms with van der Waals surface area (Å²) in [5.41, 5.74) is 0.644. The number of hydrogen-bond acceptors (Lipinski definition) is 3. The van der Waals surface area contributed by atoms with Gasteiger partial charge in [0.05, 0.1) is 0 Å². The van der Waals surface area contributed by atoms with Crippen molar-refractivity contribution in [1.82, 2.24) is 0 Å². The monoisotopic (exact) mass is 581 g/mol. The summed E-state index contributed by atoms with van der Waals surface area (Å²) in [6.07, 6.45) is 17.0. The normalized spacial score (nSPS) is 13.1. The van der Waals surface area contributed by atoms with Gasteiger partial charge in [0.25, 0.3) is 0 Å². The fourth-order valence-electron chi connectivity index (χ4n) is 3.81. The smallest absolute Gasteiger partial charge is 1.00 e. The van der Waals surface area contributed by atoms with Crippen LogP contribution in [0.1, 0.15) is 106 Å². The maximum absolute atomic E-state index is 11.8. The van der Waals surface area contributed by atoms with Crippen LogP contribution in [0.25, 0.3) is 5.52 Å². The zero-order valence-electron chi connectivity index (χ0n) is 19.1. The second-order valence-electron chi connectivity index (χ2n) is 8.41. The summed E-state index contributed by atoms with van der Waals surface area (Å²) in [4.78, 5) is 11.8. The Morgan fingerprint density at radius 2 is 1.65 bits per heavy atom. The van der Waals surface area contributed by atoms with Gasteiger partial charge >= 0.3 is 177 Å². The minimum atomic E-state index is -0.824. The molecule has 0 aliphatic heterocycles. The molecule has 2 aromatic heterocycles. The average molecular weight is 582 g/mol. The number of carbonyl (C=O) groups excluding carboxylic acids is 1. The number of hydrogen-bond donors (Lipinski definition) is 1. The molecule has 0 saturated heterocycles. The molecule has 0 radical (unpaired) electrons. The van der Waals surface area contributed by atoms with Crippen LogP contribution in [0, 0.1) is 0 Å². The molecular weight excluding hydrogens is 545 g/mol. The predicted molar refractivity (Wildman–Crippen MR) is 126 cm³/mol. The van der Waals surface area contributed by atoms with Gasteiger partial charge < -0.3 is 12.4 Å². The largest absolute Gasteiger partial charge is 1.00 e. The SMILES string of the molecule is CCCCCCCCCCCCCC(C)(O)c1[se][n+]2ccc(C(=O)OC)cc2c1Br.[Cl-]. The summed E-state index contributed by atoms with van der Waals surface area (Å²) in [6, 6.07) is 3.61. The van der Waals surface area contributed by atoms with E-state index in [-0.39, 0.29) is 33.1 Å². The molecule has 1 unspecified atom stereocenters. The van der Waals surface area contributed by atoms with Crippen molar-refractivity contribution >= 4 is 42.1 Å². The fourth-order valence-corrected chi connectivity index (χ4v) is 7.37. The van der Waals surface area contributed by atoms with Gasteiger partial charge in [-0.05, 0) is 0 Å². The van der Waals surface area contributed by atoms with Gasteiger partial charge in [-0.25, -0.2) is 0 Å². The molecule has 4 nitrogen and oxygen atoms in total. The molecule has 2 aromatic rings. The molecule has 176 valence electrons. The van der Waals surface area contributed by atoms with Gasteiger partial charge in [-0.1, -0.05) is 19.8 Å². The third-order valence-corrected chi connectivity index (χ3v) is 9.92. The maximum Gasteiger partial charge on any atom is -1.00 e. The number of pyridine rings is 1. The number of carbonyl (C=O) groups is 1. The Bertz CT molecular complexity index is 809. The van der Waals surface area contributed by atoms with Gasteiger partial charge in [0, 0.05) is 0 Å². The Balaban J connectivity index is 0.00000480. The van der Waals surface area contributed by atoms with Crippen molar-refractivity contribution < 1.29 is 30.4 Å². The standard InChI is InChI=1S/C24H37BrNO3Se.ClH/c1-4-5-6-7-8-9-10-11-12-13-14-16-24(2,28)22-21(25)20-18-19(23(27)29-3)15-17-26(20)30-22;/h15,17-18,28H,4-14,16H2,1-3H3;1H/q+1;/p-1. The fraction of sp³-hybridized carbons (Fsp3) is 0.667. The van der Waals surface area contributed by atoms with Gasteiger partial charge in [0.1, 0.15) is 0 Å². The van der Waals surface area contributed by atoms with Crippen LogP contribution in [0.3, 0.4) is 0 Å². The van der Waals surface area contributed by atoms with E-state index in [1.807, 2.05) is 19.2 Å². The van der Waals surface area contributed by atoms with Crippen molar-refractivity contribution in [3.63, 3.8) is 0 Å². The summed E-state index contributed by atoms with van der Waals surface area (Å²) in [5.74, 6) is -0.340. The number of aromatic nitrogens is 1. The molecule has 31 heavy (non-hydrogen) atoms. The molecule has 0 bridgehead atoms. The van der Waals surface area contributed by atoms with E-state index in [4.69, 9.17) is 4.74 Å². The first-order chi connectivity index (χ1) is 14.4. The quantitative estimate of drug-likeness (QED) is 0.212. The minimum absolute atomic E-state index is 0. The van der Waals surface area contributed by atoms with Crippen LogP contribution in [0.2, 0.25) is 0 Å². The van der Waals surface area contributed by atoms with E-state index in [0.29, 0.717) is 5.56 Å². The number of unbranched alkanes of at least 4 members (excludes halogenated alkanes) is 10. The van der Waals surface area contributed by atoms with Crippen LogP contribution >= 0.6 is 15.9 Å². The topological polar surface area (TPSA) is 50.6 Å². The second-order valence-corrected chi connectivity index (χ2v) is 11.3. The minimum Gasteiger partial charge on any atom is -1.00 e. The number of esters is 1. The Hall–Kier alpha value is -0.391. The van der Waals surface area contributed by atoms with E-state index >= 15 is 0 Å². The van der Waals surface area contributed by atoms with Crippen LogP contribution in [0.4, 0.5) is 0 Å². The summed E-state index contributed by atoms with van der Waals surface area (Å²) in [6.45, 7) is 4.19. The molecular formula is C24H37BrClNO3Se. The molecule has 1 N–H and O–H groups in total. The van der Waals surface area contributed by atoms with E-state index in [2.05, 4.69) is 26.2 Å². The molecule has 7 heteroatoms. The molecule has 0 aromatic carbocycles. The molecule has 0 aliphatic rings. The molecule has 2 rings (SSSR count). The van der Waals surface area contributed by atoms with Gasteiger partial charge in [-0.15, -0.1) is 0 Å². The van der Waals surface area contributed by atoms with Gasteiger partial charge in [0.15, 0.2) is 0 Å². The van der Waals surface area contributed by atoms with Crippen LogP contribution < -0.4 is 15.8 Å². The van der Waals surface area contributed by atoms with Crippen molar-refractivity contribution in [1.29, 1.82) is 0 Å². The van der Waals surface area contributed by atoms with Gasteiger partial charge in [-0.2, -0.15) is 0 Å². The number of nitrogens with zero attached hydrogens (tertiary/aromatic N) is 1. The first-order valence-corrected chi connectivity index (χ1v) is 13.8. The van der Waals surface area contributed by atoms with Crippen molar-refractivity contribution in [3.8, 4) is 0 Å². The van der Waals surface area contributed by atoms with Crippen LogP contribution in [0.5, 0.6) is 0 Å². The van der Waals surface area contributed by atoms with Crippen molar-refractivity contribution in [2.45, 2.75) is 96.5 Å². The maximum atomic E-state index is 11.8. The number of halogens is 2. The molecule has 0 amide bonds. The first kappa shape index (κ1) is 28.6. The molecule has 0 saturated carbocycles. The van der Waals surface area contributed by atoms with Gasteiger partial charge in [0.2, 0.25) is 0 Å². The summed E-state index contributed by atoms with van der Waals surface area (Å²) in [5, 5.41) is 11.1. The molecule has 2 heterocycles. The van der Waals surface area contributed by atoms with Crippen molar-refractivity contribution in [3.05, 3.63) is 32.8 Å². The zero-order valence-corrected chi connectivity index (χ0v) is 23.1. The number of aliphatic hydroxyl groups is 1. The summed E-state index contributed by atoms with van der Waals surface area (Å²) < 4.78 is 8.91. The van der Waals surface area contributed by atoms with Crippen molar-refractivity contribution in [2.75, 3.05) is 7.11 Å². The number of ether oxygens (including phenoxy) is 1. The van der Waals surface area contributed by atoms with Crippen LogP contribution in [0.15, 0.2) is 22.8 Å². The van der Waals surface area contributed by atoms with Crippen LogP contribution in [-0.2, 0) is 10.3 Å². The van der Waals surface area contributed by atoms with E-state index in [9.17, 15) is 9.90 Å². The second kappa shape index (κ2) is 14.7. The molecule has 1 atom stereocenters. The molecule has 0 fully saturated rings. The van der Waals surface area contributed by atoms with E-state index < -0.39 is 5.60 Å². The summed E-state index contributed by atoms with van der Waals surface area (Å²) >= 11 is 3.67. The summed E-state index contributed by atoms with van der Waals surface area (Å²) in [7, 11) is 1.39. The Morgan fingerprint density at radius 1 is 1.10 bits per heavy atom. The average Bonchev–Trinajstić information content (AvgIpc) is 3.08. The molecule has 0 aliphatic carbocycles. The van der Waals surface area contributed by atoms with Gasteiger partial charge in [-0.3, -0.25) is 0 Å². The van der Waals surface area contributed by atoms with E-state index in [0.717, 1.165) is 27.3 Å². The first-order valence-electron chi connectivity index (χ1n) is 11.4. The van der Waals surface area contributed by atoms with Crippen molar-refractivity contribution in [2.24, 2.45) is 0 Å². The Labute approximate surface area is 208 Å². The van der Waals surface area contributed by atoms with E-state index in [1.165, 1.54) is 71.3 Å².